The second kappa shape index (κ2) is 7.13. The normalized spacial score (nSPS) is 11.2. The number of benzene rings is 1. The average molecular weight is 251 g/mol. The van der Waals surface area contributed by atoms with Crippen molar-refractivity contribution in [3.8, 4) is 5.75 Å². The number of ether oxygens (including phenoxy) is 1. The lowest BCUT2D eigenvalue weighted by atomic mass is 10.1. The number of aromatic hydroxyl groups is 1. The maximum atomic E-state index is 12.1. The molecule has 0 atom stereocenters. The Morgan fingerprint density at radius 3 is 2.44 bits per heavy atom. The number of rotatable bonds is 7. The van der Waals surface area contributed by atoms with Crippen LogP contribution in [0.1, 0.15) is 24.2 Å². The predicted molar refractivity (Wildman–Crippen MR) is 71.0 cm³/mol. The summed E-state index contributed by atoms with van der Waals surface area (Å²) in [5, 5.41) is 9.19. The first-order chi connectivity index (χ1) is 8.54. The Bertz CT molecular complexity index is 373. The van der Waals surface area contributed by atoms with Crippen LogP contribution in [0, 0.1) is 0 Å². The lowest BCUT2D eigenvalue weighted by Gasteiger charge is -2.25. The van der Waals surface area contributed by atoms with Gasteiger partial charge < -0.3 is 9.84 Å². The quantitative estimate of drug-likeness (QED) is 0.752. The zero-order chi connectivity index (χ0) is 13.5. The van der Waals surface area contributed by atoms with Crippen molar-refractivity contribution in [3.63, 3.8) is 0 Å². The van der Waals surface area contributed by atoms with Gasteiger partial charge in [0.25, 0.3) is 0 Å². The van der Waals surface area contributed by atoms with Crippen LogP contribution < -0.4 is 0 Å². The first-order valence-corrected chi connectivity index (χ1v) is 6.09. The van der Waals surface area contributed by atoms with Crippen molar-refractivity contribution >= 4 is 5.78 Å². The van der Waals surface area contributed by atoms with Gasteiger partial charge in [-0.1, -0.05) is 0 Å². The molecule has 0 saturated carbocycles. The molecule has 0 aromatic heterocycles. The predicted octanol–water partition coefficient (Wildman–Crippen LogP) is 1.93. The highest BCUT2D eigenvalue weighted by Gasteiger charge is 2.15. The molecule has 0 fully saturated rings. The van der Waals surface area contributed by atoms with E-state index in [2.05, 4.69) is 18.7 Å². The van der Waals surface area contributed by atoms with Gasteiger partial charge in [0.1, 0.15) is 5.75 Å². The molecule has 4 heteroatoms. The lowest BCUT2D eigenvalue weighted by molar-refractivity contribution is 0.0852. The van der Waals surface area contributed by atoms with Gasteiger partial charge in [0.2, 0.25) is 0 Å². The minimum atomic E-state index is 0.0554. The molecule has 1 aromatic rings. The molecule has 0 unspecified atom stereocenters. The van der Waals surface area contributed by atoms with Gasteiger partial charge >= 0.3 is 0 Å². The second-order valence-electron chi connectivity index (χ2n) is 4.53. The summed E-state index contributed by atoms with van der Waals surface area (Å²) in [6.07, 6.45) is 0. The molecule has 0 spiro atoms. The molecule has 0 heterocycles. The number of hydrogen-bond donors (Lipinski definition) is 1. The molecule has 18 heavy (non-hydrogen) atoms. The summed E-state index contributed by atoms with van der Waals surface area (Å²) in [5.41, 5.74) is 0.621. The minimum Gasteiger partial charge on any atom is -0.508 e. The molecule has 0 amide bonds. The van der Waals surface area contributed by atoms with E-state index in [0.29, 0.717) is 24.8 Å². The van der Waals surface area contributed by atoms with Crippen LogP contribution in [0.5, 0.6) is 5.75 Å². The highest BCUT2D eigenvalue weighted by Crippen LogP contribution is 2.11. The molecule has 0 aliphatic carbocycles. The number of phenolic OH excluding ortho intramolecular Hbond substituents is 1. The van der Waals surface area contributed by atoms with Crippen molar-refractivity contribution in [2.75, 3.05) is 26.8 Å². The van der Waals surface area contributed by atoms with Crippen LogP contribution in [-0.2, 0) is 4.74 Å². The summed E-state index contributed by atoms with van der Waals surface area (Å²) in [6, 6.07) is 6.64. The van der Waals surface area contributed by atoms with E-state index >= 15 is 0 Å². The number of carbonyl (C=O) groups is 1. The standard InChI is InChI=1S/C14H21NO3/c1-11(2)15(8-9-18-3)10-14(17)12-4-6-13(16)7-5-12/h4-7,11,16H,8-10H2,1-3H3. The van der Waals surface area contributed by atoms with Gasteiger partial charge in [-0.25, -0.2) is 0 Å². The van der Waals surface area contributed by atoms with E-state index in [-0.39, 0.29) is 11.5 Å². The van der Waals surface area contributed by atoms with Crippen LogP contribution in [0.3, 0.4) is 0 Å². The van der Waals surface area contributed by atoms with Gasteiger partial charge in [-0.2, -0.15) is 0 Å². The van der Waals surface area contributed by atoms with E-state index in [1.54, 1.807) is 19.2 Å². The van der Waals surface area contributed by atoms with E-state index in [4.69, 9.17) is 4.74 Å². The van der Waals surface area contributed by atoms with Crippen LogP contribution in [0.2, 0.25) is 0 Å². The summed E-state index contributed by atoms with van der Waals surface area (Å²) in [5.74, 6) is 0.228. The maximum absolute atomic E-state index is 12.1. The molecule has 0 bridgehead atoms. The maximum Gasteiger partial charge on any atom is 0.176 e. The van der Waals surface area contributed by atoms with Gasteiger partial charge in [0, 0.05) is 25.3 Å². The zero-order valence-electron chi connectivity index (χ0n) is 11.2. The van der Waals surface area contributed by atoms with Crippen molar-refractivity contribution in [1.82, 2.24) is 4.90 Å². The van der Waals surface area contributed by atoms with Gasteiger partial charge in [0.05, 0.1) is 13.2 Å². The van der Waals surface area contributed by atoms with E-state index in [1.165, 1.54) is 12.1 Å². The van der Waals surface area contributed by atoms with Crippen LogP contribution >= 0.6 is 0 Å². The molecule has 1 rings (SSSR count). The average Bonchev–Trinajstić information content (AvgIpc) is 2.34. The van der Waals surface area contributed by atoms with E-state index in [1.807, 2.05) is 0 Å². The highest BCUT2D eigenvalue weighted by atomic mass is 16.5. The number of carbonyl (C=O) groups excluding carboxylic acids is 1. The third kappa shape index (κ3) is 4.47. The molecule has 4 nitrogen and oxygen atoms in total. The van der Waals surface area contributed by atoms with Crippen LogP contribution in [-0.4, -0.2) is 48.6 Å². The third-order valence-corrected chi connectivity index (χ3v) is 2.85. The SMILES string of the molecule is COCCN(CC(=O)c1ccc(O)cc1)C(C)C. The fourth-order valence-electron chi connectivity index (χ4n) is 1.65. The first-order valence-electron chi connectivity index (χ1n) is 6.09. The Kier molecular flexibility index (Phi) is 5.82. The summed E-state index contributed by atoms with van der Waals surface area (Å²) >= 11 is 0. The Hall–Kier alpha value is -1.39. The number of ketones is 1. The zero-order valence-corrected chi connectivity index (χ0v) is 11.2. The van der Waals surface area contributed by atoms with E-state index in [9.17, 15) is 9.90 Å². The Labute approximate surface area is 108 Å². The molecule has 100 valence electrons. The Morgan fingerprint density at radius 2 is 1.94 bits per heavy atom. The highest BCUT2D eigenvalue weighted by molar-refractivity contribution is 5.97. The van der Waals surface area contributed by atoms with Crippen molar-refractivity contribution in [2.45, 2.75) is 19.9 Å². The molecule has 1 aromatic carbocycles. The van der Waals surface area contributed by atoms with Crippen molar-refractivity contribution in [3.05, 3.63) is 29.8 Å². The van der Waals surface area contributed by atoms with Crippen molar-refractivity contribution < 1.29 is 14.6 Å². The van der Waals surface area contributed by atoms with Crippen molar-refractivity contribution in [1.29, 1.82) is 0 Å². The molecular formula is C14H21NO3. The summed E-state index contributed by atoms with van der Waals surface area (Å²) < 4.78 is 5.04. The number of phenols is 1. The Morgan fingerprint density at radius 1 is 1.33 bits per heavy atom. The first kappa shape index (κ1) is 14.7. The fraction of sp³-hybridized carbons (Fsp3) is 0.500. The third-order valence-electron chi connectivity index (χ3n) is 2.85. The van der Waals surface area contributed by atoms with Gasteiger partial charge in [0.15, 0.2) is 5.78 Å². The smallest absolute Gasteiger partial charge is 0.176 e. The number of hydrogen-bond acceptors (Lipinski definition) is 4. The number of nitrogens with zero attached hydrogens (tertiary/aromatic N) is 1. The van der Waals surface area contributed by atoms with Gasteiger partial charge in [-0.15, -0.1) is 0 Å². The molecule has 0 radical (unpaired) electrons. The largest absolute Gasteiger partial charge is 0.508 e. The summed E-state index contributed by atoms with van der Waals surface area (Å²) in [7, 11) is 1.65. The van der Waals surface area contributed by atoms with E-state index in [0.717, 1.165) is 6.54 Å². The molecule has 0 saturated heterocycles. The lowest BCUT2D eigenvalue weighted by Crippen LogP contribution is -2.38. The molecule has 0 aliphatic heterocycles. The minimum absolute atomic E-state index is 0.0554. The van der Waals surface area contributed by atoms with Crippen LogP contribution in [0.15, 0.2) is 24.3 Å². The molecular weight excluding hydrogens is 230 g/mol. The monoisotopic (exact) mass is 251 g/mol. The topological polar surface area (TPSA) is 49.8 Å². The summed E-state index contributed by atoms with van der Waals surface area (Å²) in [4.78, 5) is 14.1. The Balaban J connectivity index is 2.63. The number of methoxy groups -OCH3 is 1. The van der Waals surface area contributed by atoms with Gasteiger partial charge in [-0.3, -0.25) is 9.69 Å². The van der Waals surface area contributed by atoms with Gasteiger partial charge in [-0.05, 0) is 38.1 Å². The van der Waals surface area contributed by atoms with Crippen molar-refractivity contribution in [2.24, 2.45) is 0 Å². The van der Waals surface area contributed by atoms with E-state index < -0.39 is 0 Å². The molecule has 1 N–H and O–H groups in total. The molecule has 0 aliphatic rings. The second-order valence-corrected chi connectivity index (χ2v) is 4.53. The van der Waals surface area contributed by atoms with Crippen LogP contribution in [0.4, 0.5) is 0 Å². The fourth-order valence-corrected chi connectivity index (χ4v) is 1.65. The van der Waals surface area contributed by atoms with Crippen LogP contribution in [0.25, 0.3) is 0 Å². The number of Topliss-reactive ketones (excluding diaryl/α,β-unsaturated/α-hetero) is 1. The summed E-state index contributed by atoms with van der Waals surface area (Å²) in [6.45, 7) is 5.82.